The van der Waals surface area contributed by atoms with Crippen molar-refractivity contribution in [3.63, 3.8) is 0 Å². The van der Waals surface area contributed by atoms with Crippen LogP contribution in [0, 0.1) is 6.92 Å². The number of esters is 1. The molecule has 0 fully saturated rings. The molecule has 1 N–H and O–H groups in total. The second-order valence-corrected chi connectivity index (χ2v) is 4.79. The predicted molar refractivity (Wildman–Crippen MR) is 84.5 cm³/mol. The molecule has 23 heavy (non-hydrogen) atoms. The number of methoxy groups -OCH3 is 2. The first-order chi connectivity index (χ1) is 11.0. The fourth-order valence-corrected chi connectivity index (χ4v) is 2.35. The van der Waals surface area contributed by atoms with Gasteiger partial charge < -0.3 is 19.2 Å². The van der Waals surface area contributed by atoms with Crippen LogP contribution in [-0.2, 0) is 4.74 Å². The van der Waals surface area contributed by atoms with Gasteiger partial charge in [-0.15, -0.1) is 0 Å². The number of carbonyl (C=O) groups is 2. The van der Waals surface area contributed by atoms with Crippen molar-refractivity contribution in [3.8, 4) is 11.5 Å². The van der Waals surface area contributed by atoms with Gasteiger partial charge in [0.2, 0.25) is 5.78 Å². The van der Waals surface area contributed by atoms with Crippen LogP contribution in [0.5, 0.6) is 11.5 Å². The lowest BCUT2D eigenvalue weighted by molar-refractivity contribution is 0.0526. The van der Waals surface area contributed by atoms with Crippen LogP contribution < -0.4 is 9.47 Å². The molecule has 6 heteroatoms. The van der Waals surface area contributed by atoms with Crippen molar-refractivity contribution in [2.75, 3.05) is 20.8 Å². The molecular formula is C17H19NO5. The molecule has 122 valence electrons. The highest BCUT2D eigenvalue weighted by Crippen LogP contribution is 2.31. The summed E-state index contributed by atoms with van der Waals surface area (Å²) in [5.74, 6) is 0.0294. The third-order valence-corrected chi connectivity index (χ3v) is 3.52. The Balaban J connectivity index is 2.49. The van der Waals surface area contributed by atoms with Crippen LogP contribution in [0.3, 0.4) is 0 Å². The molecule has 0 saturated carbocycles. The van der Waals surface area contributed by atoms with Crippen molar-refractivity contribution < 1.29 is 23.8 Å². The molecule has 2 aromatic rings. The van der Waals surface area contributed by atoms with Crippen LogP contribution in [0.25, 0.3) is 0 Å². The van der Waals surface area contributed by atoms with Gasteiger partial charge in [-0.25, -0.2) is 4.79 Å². The molecule has 6 nitrogen and oxygen atoms in total. The molecule has 0 spiro atoms. The van der Waals surface area contributed by atoms with E-state index in [1.807, 2.05) is 0 Å². The predicted octanol–water partition coefficient (Wildman–Crippen LogP) is 2.75. The van der Waals surface area contributed by atoms with Gasteiger partial charge in [-0.2, -0.15) is 0 Å². The van der Waals surface area contributed by atoms with E-state index in [9.17, 15) is 9.59 Å². The summed E-state index contributed by atoms with van der Waals surface area (Å²) in [5.41, 5.74) is 1.47. The Kier molecular flexibility index (Phi) is 5.05. The van der Waals surface area contributed by atoms with Gasteiger partial charge in [0.1, 0.15) is 17.1 Å². The summed E-state index contributed by atoms with van der Waals surface area (Å²) < 4.78 is 15.5. The van der Waals surface area contributed by atoms with Crippen molar-refractivity contribution in [1.29, 1.82) is 0 Å². The molecule has 1 heterocycles. The summed E-state index contributed by atoms with van der Waals surface area (Å²) in [6.45, 7) is 3.69. The summed E-state index contributed by atoms with van der Waals surface area (Å²) in [5, 5.41) is 0. The molecule has 0 aliphatic rings. The summed E-state index contributed by atoms with van der Waals surface area (Å²) in [6.07, 6.45) is 1.47. The van der Waals surface area contributed by atoms with Gasteiger partial charge in [-0.3, -0.25) is 4.79 Å². The highest BCUT2D eigenvalue weighted by atomic mass is 16.5. The number of benzene rings is 1. The highest BCUT2D eigenvalue weighted by Gasteiger charge is 2.25. The molecule has 0 atom stereocenters. The Morgan fingerprint density at radius 2 is 1.74 bits per heavy atom. The van der Waals surface area contributed by atoms with E-state index in [4.69, 9.17) is 14.2 Å². The number of H-pyrrole nitrogens is 1. The Bertz CT molecular complexity index is 710. The third-order valence-electron chi connectivity index (χ3n) is 3.52. The lowest BCUT2D eigenvalue weighted by Gasteiger charge is -2.12. The Labute approximate surface area is 134 Å². The molecule has 1 aromatic heterocycles. The number of ether oxygens (including phenoxy) is 3. The fraction of sp³-hybridized carbons (Fsp3) is 0.294. The van der Waals surface area contributed by atoms with Crippen molar-refractivity contribution in [1.82, 2.24) is 4.98 Å². The van der Waals surface area contributed by atoms with E-state index >= 15 is 0 Å². The smallest absolute Gasteiger partial charge is 0.339 e. The van der Waals surface area contributed by atoms with Gasteiger partial charge in [0.15, 0.2) is 0 Å². The van der Waals surface area contributed by atoms with Gasteiger partial charge in [0.25, 0.3) is 0 Å². The number of hydrogen-bond acceptors (Lipinski definition) is 5. The first kappa shape index (κ1) is 16.6. The minimum atomic E-state index is -0.465. The molecule has 0 radical (unpaired) electrons. The summed E-state index contributed by atoms with van der Waals surface area (Å²) >= 11 is 0. The highest BCUT2D eigenvalue weighted by molar-refractivity contribution is 6.13. The van der Waals surface area contributed by atoms with Gasteiger partial charge in [0.05, 0.1) is 32.1 Å². The SMILES string of the molecule is CCOC(=O)c1c[nH]c(C(=O)c2c(OC)cccc2OC)c1C. The first-order valence-corrected chi connectivity index (χ1v) is 7.15. The van der Waals surface area contributed by atoms with Crippen molar-refractivity contribution in [2.24, 2.45) is 0 Å². The molecule has 0 unspecified atom stereocenters. The normalized spacial score (nSPS) is 10.3. The largest absolute Gasteiger partial charge is 0.496 e. The number of nitrogens with one attached hydrogen (secondary N) is 1. The monoisotopic (exact) mass is 317 g/mol. The van der Waals surface area contributed by atoms with Gasteiger partial charge in [-0.05, 0) is 31.5 Å². The number of rotatable bonds is 6. The van der Waals surface area contributed by atoms with Crippen LogP contribution >= 0.6 is 0 Å². The molecule has 2 rings (SSSR count). The maximum Gasteiger partial charge on any atom is 0.339 e. The lowest BCUT2D eigenvalue weighted by Crippen LogP contribution is -2.09. The zero-order chi connectivity index (χ0) is 17.0. The summed E-state index contributed by atoms with van der Waals surface area (Å²) in [6, 6.07) is 5.10. The van der Waals surface area contributed by atoms with E-state index in [1.165, 1.54) is 20.4 Å². The lowest BCUT2D eigenvalue weighted by atomic mass is 10.0. The topological polar surface area (TPSA) is 77.6 Å². The van der Waals surface area contributed by atoms with Crippen molar-refractivity contribution in [2.45, 2.75) is 13.8 Å². The maximum atomic E-state index is 12.9. The third kappa shape index (κ3) is 3.06. The van der Waals surface area contributed by atoms with Crippen LogP contribution in [-0.4, -0.2) is 37.6 Å². The van der Waals surface area contributed by atoms with Crippen LogP contribution in [0.1, 0.15) is 38.9 Å². The number of ketones is 1. The van der Waals surface area contributed by atoms with Gasteiger partial charge >= 0.3 is 5.97 Å². The number of carbonyl (C=O) groups excluding carboxylic acids is 2. The number of aromatic nitrogens is 1. The Morgan fingerprint density at radius 1 is 1.13 bits per heavy atom. The van der Waals surface area contributed by atoms with E-state index < -0.39 is 5.97 Å². The first-order valence-electron chi connectivity index (χ1n) is 7.15. The average molecular weight is 317 g/mol. The van der Waals surface area contributed by atoms with Crippen LogP contribution in [0.15, 0.2) is 24.4 Å². The minimum Gasteiger partial charge on any atom is -0.496 e. The number of aromatic amines is 1. The fourth-order valence-electron chi connectivity index (χ4n) is 2.35. The molecule has 1 aromatic carbocycles. The molecule has 0 bridgehead atoms. The number of hydrogen-bond donors (Lipinski definition) is 1. The molecular weight excluding hydrogens is 298 g/mol. The van der Waals surface area contributed by atoms with Gasteiger partial charge in [-0.1, -0.05) is 6.07 Å². The average Bonchev–Trinajstić information content (AvgIpc) is 2.95. The molecule has 0 aliphatic heterocycles. The van der Waals surface area contributed by atoms with E-state index in [-0.39, 0.29) is 12.4 Å². The Hall–Kier alpha value is -2.76. The second-order valence-electron chi connectivity index (χ2n) is 4.79. The van der Waals surface area contributed by atoms with E-state index in [0.717, 1.165) is 0 Å². The second kappa shape index (κ2) is 7.00. The zero-order valence-electron chi connectivity index (χ0n) is 13.6. The zero-order valence-corrected chi connectivity index (χ0v) is 13.6. The minimum absolute atomic E-state index is 0.271. The molecule has 0 saturated heterocycles. The van der Waals surface area contributed by atoms with E-state index in [1.54, 1.807) is 32.0 Å². The molecule has 0 amide bonds. The van der Waals surface area contributed by atoms with Crippen molar-refractivity contribution >= 4 is 11.8 Å². The van der Waals surface area contributed by atoms with E-state index in [2.05, 4.69) is 4.98 Å². The van der Waals surface area contributed by atoms with Crippen molar-refractivity contribution in [3.05, 3.63) is 46.8 Å². The summed E-state index contributed by atoms with van der Waals surface area (Å²) in [4.78, 5) is 27.6. The maximum absolute atomic E-state index is 12.9. The summed E-state index contributed by atoms with van der Waals surface area (Å²) in [7, 11) is 2.97. The van der Waals surface area contributed by atoms with E-state index in [0.29, 0.717) is 33.9 Å². The Morgan fingerprint density at radius 3 is 2.26 bits per heavy atom. The van der Waals surface area contributed by atoms with Gasteiger partial charge in [0, 0.05) is 6.20 Å². The van der Waals surface area contributed by atoms with Crippen LogP contribution in [0.2, 0.25) is 0 Å². The van der Waals surface area contributed by atoms with Crippen LogP contribution in [0.4, 0.5) is 0 Å². The standard InChI is InChI=1S/C17H19NO5/c1-5-23-17(20)11-9-18-15(10(11)2)16(19)14-12(21-3)7-6-8-13(14)22-4/h6-9,18H,5H2,1-4H3. The quantitative estimate of drug-likeness (QED) is 0.655. The molecule has 0 aliphatic carbocycles.